The van der Waals surface area contributed by atoms with Gasteiger partial charge in [0.25, 0.3) is 0 Å². The Morgan fingerprint density at radius 3 is 1.59 bits per heavy atom. The van der Waals surface area contributed by atoms with Crippen molar-refractivity contribution in [3.63, 3.8) is 0 Å². The van der Waals surface area contributed by atoms with Crippen molar-refractivity contribution in [2.45, 2.75) is 38.5 Å². The van der Waals surface area contributed by atoms with Gasteiger partial charge in [0.2, 0.25) is 0 Å². The predicted molar refractivity (Wildman–Crippen MR) is 216 cm³/mol. The fourth-order valence-electron chi connectivity index (χ4n) is 9.93. The van der Waals surface area contributed by atoms with Gasteiger partial charge in [-0.15, -0.1) is 0 Å². The van der Waals surface area contributed by atoms with E-state index in [1.54, 1.807) is 0 Å². The highest BCUT2D eigenvalue weighted by molar-refractivity contribution is 6.22. The molecule has 0 radical (unpaired) electrons. The molecule has 0 atom stereocenters. The molecule has 0 saturated carbocycles. The van der Waals surface area contributed by atoms with Crippen LogP contribution < -0.4 is 0 Å². The molecule has 0 spiro atoms. The molecular weight excluding hydrogens is 615 g/mol. The lowest BCUT2D eigenvalue weighted by Gasteiger charge is -2.34. The van der Waals surface area contributed by atoms with E-state index in [0.29, 0.717) is 0 Å². The van der Waals surface area contributed by atoms with Gasteiger partial charge in [0, 0.05) is 21.6 Å². The summed E-state index contributed by atoms with van der Waals surface area (Å²) >= 11 is 0. The topological polar surface area (TPSA) is 4.93 Å². The number of rotatable bonds is 2. The van der Waals surface area contributed by atoms with Crippen LogP contribution in [0.4, 0.5) is 0 Å². The number of hydrogen-bond donors (Lipinski definition) is 0. The number of para-hydroxylation sites is 2. The van der Waals surface area contributed by atoms with E-state index in [1.807, 2.05) is 0 Å². The highest BCUT2D eigenvalue weighted by Crippen LogP contribution is 2.52. The number of aromatic nitrogens is 1. The van der Waals surface area contributed by atoms with Gasteiger partial charge in [0.1, 0.15) is 0 Å². The normalized spacial score (nSPS) is 15.0. The Labute approximate surface area is 298 Å². The van der Waals surface area contributed by atoms with Crippen molar-refractivity contribution >= 4 is 43.4 Å². The minimum absolute atomic E-state index is 0.0564. The lowest BCUT2D eigenvalue weighted by molar-refractivity contribution is 0.630. The molecule has 1 aliphatic heterocycles. The van der Waals surface area contributed by atoms with Gasteiger partial charge in [-0.1, -0.05) is 155 Å². The van der Waals surface area contributed by atoms with Crippen LogP contribution in [0.15, 0.2) is 152 Å². The summed E-state index contributed by atoms with van der Waals surface area (Å²) < 4.78 is 2.51. The minimum Gasteiger partial charge on any atom is -0.309 e. The zero-order valence-electron chi connectivity index (χ0n) is 29.4. The lowest BCUT2D eigenvalue weighted by atomic mass is 9.75. The van der Waals surface area contributed by atoms with E-state index in [9.17, 15) is 0 Å². The van der Waals surface area contributed by atoms with Gasteiger partial charge in [-0.3, -0.25) is 0 Å². The second-order valence-electron chi connectivity index (χ2n) is 15.7. The maximum atomic E-state index is 2.51. The first-order chi connectivity index (χ1) is 24.8. The number of fused-ring (bicyclic) bond motifs is 10. The van der Waals surface area contributed by atoms with E-state index in [2.05, 4.69) is 184 Å². The maximum Gasteiger partial charge on any atom is 0.0582 e. The Morgan fingerprint density at radius 1 is 0.373 bits per heavy atom. The van der Waals surface area contributed by atoms with Gasteiger partial charge in [-0.05, 0) is 101 Å². The summed E-state index contributed by atoms with van der Waals surface area (Å²) in [4.78, 5) is 0. The summed E-state index contributed by atoms with van der Waals surface area (Å²) in [6, 6.07) is 57.2. The average molecular weight is 652 g/mol. The van der Waals surface area contributed by atoms with Crippen molar-refractivity contribution in [2.75, 3.05) is 0 Å². The molecule has 1 aliphatic carbocycles. The molecule has 9 aromatic rings. The summed E-state index contributed by atoms with van der Waals surface area (Å²) in [5.74, 6) is 0. The van der Waals surface area contributed by atoms with Crippen LogP contribution in [0.5, 0.6) is 0 Å². The fourth-order valence-corrected chi connectivity index (χ4v) is 9.93. The quantitative estimate of drug-likeness (QED) is 0.164. The largest absolute Gasteiger partial charge is 0.309 e. The summed E-state index contributed by atoms with van der Waals surface area (Å²) in [6.07, 6.45) is 0. The average Bonchev–Trinajstić information content (AvgIpc) is 3.61. The van der Waals surface area contributed by atoms with Gasteiger partial charge in [0.05, 0.1) is 16.7 Å². The van der Waals surface area contributed by atoms with Crippen LogP contribution in [-0.2, 0) is 10.8 Å². The van der Waals surface area contributed by atoms with Crippen molar-refractivity contribution < 1.29 is 0 Å². The minimum atomic E-state index is -0.0822. The van der Waals surface area contributed by atoms with Gasteiger partial charge in [-0.2, -0.15) is 0 Å². The zero-order chi connectivity index (χ0) is 34.2. The van der Waals surface area contributed by atoms with Crippen molar-refractivity contribution in [1.29, 1.82) is 0 Å². The highest BCUT2D eigenvalue weighted by Gasteiger charge is 2.36. The SMILES string of the molecule is CC1(C)c2ccccc2-c2ccc(-c3c4ccccc4c(-c4ccc5c(c4)c4cccc6c4n5-c4ccccc4C6(C)C)c4ccccc34)cc21. The third kappa shape index (κ3) is 3.66. The smallest absolute Gasteiger partial charge is 0.0582 e. The molecule has 0 N–H and O–H groups in total. The van der Waals surface area contributed by atoms with E-state index in [4.69, 9.17) is 0 Å². The molecule has 2 aliphatic rings. The molecule has 0 fully saturated rings. The molecule has 51 heavy (non-hydrogen) atoms. The third-order valence-corrected chi connectivity index (χ3v) is 12.4. The second kappa shape index (κ2) is 9.86. The summed E-state index contributed by atoms with van der Waals surface area (Å²) in [7, 11) is 0. The molecule has 0 saturated heterocycles. The Hall–Kier alpha value is -5.92. The van der Waals surface area contributed by atoms with Crippen LogP contribution in [0.3, 0.4) is 0 Å². The molecule has 8 aromatic carbocycles. The van der Waals surface area contributed by atoms with Gasteiger partial charge < -0.3 is 4.57 Å². The fraction of sp³-hybridized carbons (Fsp3) is 0.120. The van der Waals surface area contributed by atoms with Crippen LogP contribution >= 0.6 is 0 Å². The molecule has 11 rings (SSSR count). The van der Waals surface area contributed by atoms with Crippen LogP contribution in [-0.4, -0.2) is 4.57 Å². The molecule has 242 valence electrons. The second-order valence-corrected chi connectivity index (χ2v) is 15.7. The van der Waals surface area contributed by atoms with Crippen LogP contribution in [0.1, 0.15) is 49.9 Å². The van der Waals surface area contributed by atoms with E-state index in [1.165, 1.54) is 105 Å². The number of benzene rings is 8. The van der Waals surface area contributed by atoms with Gasteiger partial charge >= 0.3 is 0 Å². The van der Waals surface area contributed by atoms with E-state index >= 15 is 0 Å². The molecule has 1 heteroatoms. The Morgan fingerprint density at radius 2 is 0.882 bits per heavy atom. The van der Waals surface area contributed by atoms with Gasteiger partial charge in [0.15, 0.2) is 0 Å². The monoisotopic (exact) mass is 651 g/mol. The van der Waals surface area contributed by atoms with Crippen LogP contribution in [0, 0.1) is 0 Å². The maximum absolute atomic E-state index is 2.51. The Kier molecular flexibility index (Phi) is 5.58. The molecule has 2 heterocycles. The van der Waals surface area contributed by atoms with Crippen molar-refractivity contribution in [2.24, 2.45) is 0 Å². The summed E-state index contributed by atoms with van der Waals surface area (Å²) in [5.41, 5.74) is 17.2. The Balaban J connectivity index is 1.19. The highest BCUT2D eigenvalue weighted by atomic mass is 15.0. The summed E-state index contributed by atoms with van der Waals surface area (Å²) in [5, 5.41) is 7.77. The standard InChI is InChI=1S/C50H37N/c1-49(2)40-20-10-9-14-32(40)33-26-24-31(29-43(33)49)47-36-17-7-5-15-34(36)46(35-16-6-8-18-37(35)47)30-25-27-44-39(28-30)38-19-13-22-42-48(38)51(44)45-23-12-11-21-41(45)50(42,3)4/h5-29H,1-4H3. The molecule has 0 unspecified atom stereocenters. The first kappa shape index (κ1) is 28.9. The van der Waals surface area contributed by atoms with Crippen molar-refractivity contribution in [1.82, 2.24) is 4.57 Å². The number of hydrogen-bond acceptors (Lipinski definition) is 0. The van der Waals surface area contributed by atoms with Crippen molar-refractivity contribution in [3.8, 4) is 39.1 Å². The van der Waals surface area contributed by atoms with E-state index in [-0.39, 0.29) is 10.8 Å². The molecule has 1 nitrogen and oxygen atoms in total. The zero-order valence-corrected chi connectivity index (χ0v) is 29.4. The molecule has 0 bridgehead atoms. The van der Waals surface area contributed by atoms with Gasteiger partial charge in [-0.25, -0.2) is 0 Å². The lowest BCUT2D eigenvalue weighted by Crippen LogP contribution is -2.26. The van der Waals surface area contributed by atoms with E-state index < -0.39 is 0 Å². The summed E-state index contributed by atoms with van der Waals surface area (Å²) in [6.45, 7) is 9.48. The first-order valence-corrected chi connectivity index (χ1v) is 18.2. The van der Waals surface area contributed by atoms with E-state index in [0.717, 1.165) is 0 Å². The Bertz CT molecular complexity index is 2910. The first-order valence-electron chi connectivity index (χ1n) is 18.2. The molecule has 0 amide bonds. The van der Waals surface area contributed by atoms with Crippen LogP contribution in [0.25, 0.3) is 82.4 Å². The predicted octanol–water partition coefficient (Wildman–Crippen LogP) is 13.4. The number of nitrogens with zero attached hydrogens (tertiary/aromatic N) is 1. The van der Waals surface area contributed by atoms with Crippen LogP contribution in [0.2, 0.25) is 0 Å². The van der Waals surface area contributed by atoms with Crippen molar-refractivity contribution in [3.05, 3.63) is 174 Å². The molecule has 1 aromatic heterocycles. The molecular formula is C50H37N. The third-order valence-electron chi connectivity index (χ3n) is 12.4.